The number of nitriles is 1. The number of H-pyrrole nitrogens is 1. The lowest BCUT2D eigenvalue weighted by molar-refractivity contribution is 0.0744. The first-order valence-electron chi connectivity index (χ1n) is 7.69. The minimum atomic E-state index is -0.362. The van der Waals surface area contributed by atoms with E-state index in [1.807, 2.05) is 4.90 Å². The highest BCUT2D eigenvalue weighted by Gasteiger charge is 2.25. The smallest absolute Gasteiger partial charge is 0.260 e. The molecule has 2 aromatic rings. The summed E-state index contributed by atoms with van der Waals surface area (Å²) >= 11 is 0. The van der Waals surface area contributed by atoms with Crippen molar-refractivity contribution in [3.8, 4) is 6.07 Å². The van der Waals surface area contributed by atoms with E-state index in [-0.39, 0.29) is 17.0 Å². The number of piperazine rings is 1. The second-order valence-corrected chi connectivity index (χ2v) is 5.65. The fourth-order valence-corrected chi connectivity index (χ4v) is 2.77. The molecule has 3 heterocycles. The average molecular weight is 323 g/mol. The third-order valence-corrected chi connectivity index (χ3v) is 4.06. The van der Waals surface area contributed by atoms with Crippen LogP contribution in [-0.4, -0.2) is 47.0 Å². The van der Waals surface area contributed by atoms with Gasteiger partial charge in [0.25, 0.3) is 11.5 Å². The van der Waals surface area contributed by atoms with Crippen LogP contribution in [0.1, 0.15) is 21.6 Å². The number of pyridine rings is 2. The minimum absolute atomic E-state index is 0.157. The predicted molar refractivity (Wildman–Crippen MR) is 88.9 cm³/mol. The van der Waals surface area contributed by atoms with Gasteiger partial charge in [-0.2, -0.15) is 5.26 Å². The fraction of sp³-hybridized carbons (Fsp3) is 0.294. The molecule has 1 amide bonds. The first-order valence-corrected chi connectivity index (χ1v) is 7.69. The molecule has 1 N–H and O–H groups in total. The quantitative estimate of drug-likeness (QED) is 0.887. The molecule has 7 nitrogen and oxygen atoms in total. The summed E-state index contributed by atoms with van der Waals surface area (Å²) in [7, 11) is 0. The molecule has 0 atom stereocenters. The van der Waals surface area contributed by atoms with Crippen molar-refractivity contribution in [3.05, 3.63) is 57.6 Å². The molecule has 0 radical (unpaired) electrons. The molecule has 1 aliphatic rings. The van der Waals surface area contributed by atoms with Gasteiger partial charge in [0, 0.05) is 38.1 Å². The van der Waals surface area contributed by atoms with Gasteiger partial charge >= 0.3 is 0 Å². The van der Waals surface area contributed by atoms with Gasteiger partial charge in [0.1, 0.15) is 17.5 Å². The molecule has 122 valence electrons. The molecule has 0 unspecified atom stereocenters. The summed E-state index contributed by atoms with van der Waals surface area (Å²) in [5, 5.41) is 9.17. The summed E-state index contributed by atoms with van der Waals surface area (Å²) in [6.07, 6.45) is 1.65. The number of amides is 1. The van der Waals surface area contributed by atoms with Crippen molar-refractivity contribution in [1.82, 2.24) is 14.9 Å². The van der Waals surface area contributed by atoms with Crippen molar-refractivity contribution in [2.75, 3.05) is 31.1 Å². The maximum absolute atomic E-state index is 12.5. The molecule has 0 saturated carbocycles. The third-order valence-electron chi connectivity index (χ3n) is 4.06. The molecular formula is C17H17N5O2. The van der Waals surface area contributed by atoms with Gasteiger partial charge in [-0.25, -0.2) is 4.98 Å². The number of nitrogens with one attached hydrogen (secondary N) is 1. The van der Waals surface area contributed by atoms with Crippen LogP contribution in [0, 0.1) is 18.3 Å². The number of nitrogens with zero attached hydrogens (tertiary/aromatic N) is 4. The van der Waals surface area contributed by atoms with E-state index in [9.17, 15) is 14.9 Å². The maximum Gasteiger partial charge on any atom is 0.260 e. The van der Waals surface area contributed by atoms with Crippen molar-refractivity contribution in [3.63, 3.8) is 0 Å². The van der Waals surface area contributed by atoms with Crippen LogP contribution in [0.3, 0.4) is 0 Å². The van der Waals surface area contributed by atoms with Gasteiger partial charge < -0.3 is 14.8 Å². The fourth-order valence-electron chi connectivity index (χ4n) is 2.77. The number of aromatic nitrogens is 2. The Morgan fingerprint density at radius 2 is 2.00 bits per heavy atom. The Balaban J connectivity index is 1.72. The molecule has 0 spiro atoms. The third kappa shape index (κ3) is 2.99. The topological polar surface area (TPSA) is 93.1 Å². The average Bonchev–Trinajstić information content (AvgIpc) is 2.61. The van der Waals surface area contributed by atoms with E-state index in [4.69, 9.17) is 0 Å². The highest BCUT2D eigenvalue weighted by molar-refractivity contribution is 5.94. The largest absolute Gasteiger partial charge is 0.352 e. The zero-order valence-electron chi connectivity index (χ0n) is 13.3. The van der Waals surface area contributed by atoms with E-state index in [0.29, 0.717) is 37.6 Å². The van der Waals surface area contributed by atoms with Crippen LogP contribution in [0.25, 0.3) is 0 Å². The molecule has 1 fully saturated rings. The summed E-state index contributed by atoms with van der Waals surface area (Å²) in [5.41, 5.74) is 1.04. The lowest BCUT2D eigenvalue weighted by Crippen LogP contribution is -2.50. The van der Waals surface area contributed by atoms with Crippen LogP contribution >= 0.6 is 0 Å². The predicted octanol–water partition coefficient (Wildman–Crippen LogP) is 0.912. The lowest BCUT2D eigenvalue weighted by atomic mass is 10.2. The Hall–Kier alpha value is -3.14. The standard InChI is InChI=1S/C17H17N5O2/c1-12-4-5-14(16(23)20-12)17(24)22-9-7-21(8-10-22)15-13(11-18)3-2-6-19-15/h2-6H,7-10H2,1H3,(H,20,23). The lowest BCUT2D eigenvalue weighted by Gasteiger charge is -2.35. The molecule has 0 bridgehead atoms. The number of hydrogen-bond acceptors (Lipinski definition) is 5. The van der Waals surface area contributed by atoms with E-state index in [1.165, 1.54) is 0 Å². The van der Waals surface area contributed by atoms with E-state index in [2.05, 4.69) is 16.0 Å². The summed E-state index contributed by atoms with van der Waals surface area (Å²) in [4.78, 5) is 35.0. The van der Waals surface area contributed by atoms with Gasteiger partial charge in [-0.3, -0.25) is 9.59 Å². The van der Waals surface area contributed by atoms with E-state index >= 15 is 0 Å². The second kappa shape index (κ2) is 6.54. The Morgan fingerprint density at radius 3 is 2.67 bits per heavy atom. The first-order chi connectivity index (χ1) is 11.6. The molecule has 2 aromatic heterocycles. The van der Waals surface area contributed by atoms with Gasteiger partial charge in [0.05, 0.1) is 5.56 Å². The van der Waals surface area contributed by atoms with Gasteiger partial charge in [-0.15, -0.1) is 0 Å². The van der Waals surface area contributed by atoms with Crippen molar-refractivity contribution in [1.29, 1.82) is 5.26 Å². The van der Waals surface area contributed by atoms with Gasteiger partial charge in [0.2, 0.25) is 0 Å². The first kappa shape index (κ1) is 15.7. The van der Waals surface area contributed by atoms with Crippen LogP contribution in [0.5, 0.6) is 0 Å². The Kier molecular flexibility index (Phi) is 4.29. The summed E-state index contributed by atoms with van der Waals surface area (Å²) in [6.45, 7) is 3.87. The highest BCUT2D eigenvalue weighted by Crippen LogP contribution is 2.18. The molecular weight excluding hydrogens is 306 g/mol. The number of rotatable bonds is 2. The zero-order valence-corrected chi connectivity index (χ0v) is 13.3. The van der Waals surface area contributed by atoms with Gasteiger partial charge in [-0.1, -0.05) is 0 Å². The van der Waals surface area contributed by atoms with Crippen molar-refractivity contribution >= 4 is 11.7 Å². The Morgan fingerprint density at radius 1 is 1.25 bits per heavy atom. The molecule has 0 aliphatic carbocycles. The number of carbonyl (C=O) groups excluding carboxylic acids is 1. The molecule has 0 aromatic carbocycles. The monoisotopic (exact) mass is 323 g/mol. The van der Waals surface area contributed by atoms with E-state index in [0.717, 1.165) is 5.69 Å². The van der Waals surface area contributed by atoms with Crippen molar-refractivity contribution in [2.45, 2.75) is 6.92 Å². The number of anilines is 1. The van der Waals surface area contributed by atoms with Crippen LogP contribution in [0.2, 0.25) is 0 Å². The van der Waals surface area contributed by atoms with Crippen LogP contribution in [0.15, 0.2) is 35.3 Å². The van der Waals surface area contributed by atoms with Gasteiger partial charge in [0.15, 0.2) is 0 Å². The number of carbonyl (C=O) groups is 1. The molecule has 3 rings (SSSR count). The summed E-state index contributed by atoms with van der Waals surface area (Å²) in [6, 6.07) is 8.88. The van der Waals surface area contributed by atoms with Crippen LogP contribution in [-0.2, 0) is 0 Å². The highest BCUT2D eigenvalue weighted by atomic mass is 16.2. The molecule has 1 aliphatic heterocycles. The Labute approximate surface area is 139 Å². The van der Waals surface area contributed by atoms with Crippen molar-refractivity contribution < 1.29 is 4.79 Å². The number of aromatic amines is 1. The molecule has 24 heavy (non-hydrogen) atoms. The minimum Gasteiger partial charge on any atom is -0.352 e. The Bertz CT molecular complexity index is 860. The summed E-state index contributed by atoms with van der Waals surface area (Å²) in [5.74, 6) is 0.373. The normalized spacial score (nSPS) is 14.3. The molecule has 1 saturated heterocycles. The number of hydrogen-bond donors (Lipinski definition) is 1. The van der Waals surface area contributed by atoms with Gasteiger partial charge in [-0.05, 0) is 31.2 Å². The molecule has 7 heteroatoms. The SMILES string of the molecule is Cc1ccc(C(=O)N2CCN(c3ncccc3C#N)CC2)c(=O)[nH]1. The summed E-state index contributed by atoms with van der Waals surface area (Å²) < 4.78 is 0. The van der Waals surface area contributed by atoms with Crippen LogP contribution < -0.4 is 10.5 Å². The second-order valence-electron chi connectivity index (χ2n) is 5.65. The number of aryl methyl sites for hydroxylation is 1. The maximum atomic E-state index is 12.5. The van der Waals surface area contributed by atoms with E-state index < -0.39 is 0 Å². The van der Waals surface area contributed by atoms with Crippen LogP contribution in [0.4, 0.5) is 5.82 Å². The van der Waals surface area contributed by atoms with E-state index in [1.54, 1.807) is 42.3 Å². The van der Waals surface area contributed by atoms with Crippen molar-refractivity contribution in [2.24, 2.45) is 0 Å². The zero-order chi connectivity index (χ0) is 17.1.